The Morgan fingerprint density at radius 2 is 2.10 bits per heavy atom. The quantitative estimate of drug-likeness (QED) is 0.379. The van der Waals surface area contributed by atoms with E-state index >= 15 is 0 Å². The van der Waals surface area contributed by atoms with Gasteiger partial charge in [-0.15, -0.1) is 11.3 Å². The summed E-state index contributed by atoms with van der Waals surface area (Å²) in [6.45, 7) is 8.03. The van der Waals surface area contributed by atoms with E-state index in [2.05, 4.69) is 64.0 Å². The fourth-order valence-corrected chi connectivity index (χ4v) is 8.08. The summed E-state index contributed by atoms with van der Waals surface area (Å²) in [6.07, 6.45) is 6.81. The van der Waals surface area contributed by atoms with Crippen LogP contribution in [0.3, 0.4) is 0 Å². The number of piperazine rings is 1. The van der Waals surface area contributed by atoms with Crippen molar-refractivity contribution in [3.63, 3.8) is 0 Å². The summed E-state index contributed by atoms with van der Waals surface area (Å²) in [6, 6.07) is 11.6. The summed E-state index contributed by atoms with van der Waals surface area (Å²) in [7, 11) is 2.20. The predicted octanol–water partition coefficient (Wildman–Crippen LogP) is 4.38. The Bertz CT molecular complexity index is 1560. The molecule has 0 unspecified atom stereocenters. The van der Waals surface area contributed by atoms with Gasteiger partial charge in [0.1, 0.15) is 11.4 Å². The molecule has 2 saturated heterocycles. The number of benzene rings is 1. The fraction of sp³-hybridized carbons (Fsp3) is 0.500. The standard InChI is InChI=1S/C32H37N7O2S/c1-3-29(40)39-18-17-38(20-22(39)9-14-33)30-23-10-16-37(26-6-4-7-27-24(26)11-19-42-27)21-25(23)34-31(35-30)41-32(12-13-32)28-8-5-15-36(28)2/h3-4,6-7,11,19,22,28H,1,5,8-10,12-13,15-18,20-21H2,2H3/t22-,28-/m0/s1. The maximum absolute atomic E-state index is 12.6. The lowest BCUT2D eigenvalue weighted by molar-refractivity contribution is -0.128. The second kappa shape index (κ2) is 10.9. The van der Waals surface area contributed by atoms with Gasteiger partial charge in [-0.1, -0.05) is 12.6 Å². The molecule has 2 atom stereocenters. The van der Waals surface area contributed by atoms with Crippen LogP contribution in [0.2, 0.25) is 0 Å². The van der Waals surface area contributed by atoms with Crippen LogP contribution in [0.5, 0.6) is 6.01 Å². The number of hydrogen-bond donors (Lipinski definition) is 0. The van der Waals surface area contributed by atoms with Crippen molar-refractivity contribution in [2.45, 2.75) is 62.8 Å². The summed E-state index contributed by atoms with van der Waals surface area (Å²) in [5.74, 6) is 0.769. The van der Waals surface area contributed by atoms with E-state index < -0.39 is 0 Å². The lowest BCUT2D eigenvalue weighted by Crippen LogP contribution is -2.55. The molecule has 42 heavy (non-hydrogen) atoms. The number of nitriles is 1. The molecule has 9 nitrogen and oxygen atoms in total. The zero-order chi connectivity index (χ0) is 28.8. The minimum atomic E-state index is -0.220. The van der Waals surface area contributed by atoms with Crippen LogP contribution in [0.15, 0.2) is 42.3 Å². The third-order valence-corrected chi connectivity index (χ3v) is 10.5. The van der Waals surface area contributed by atoms with Gasteiger partial charge in [-0.25, -0.2) is 0 Å². The van der Waals surface area contributed by atoms with Crippen LogP contribution in [-0.4, -0.2) is 83.1 Å². The van der Waals surface area contributed by atoms with E-state index in [1.165, 1.54) is 28.3 Å². The van der Waals surface area contributed by atoms with Gasteiger partial charge in [0, 0.05) is 53.6 Å². The third-order valence-electron chi connectivity index (χ3n) is 9.57. The van der Waals surface area contributed by atoms with Crippen molar-refractivity contribution in [2.24, 2.45) is 0 Å². The van der Waals surface area contributed by atoms with Crippen molar-refractivity contribution >= 4 is 38.8 Å². The van der Waals surface area contributed by atoms with Crippen LogP contribution >= 0.6 is 11.3 Å². The first-order chi connectivity index (χ1) is 20.5. The van der Waals surface area contributed by atoms with Crippen molar-refractivity contribution < 1.29 is 9.53 Å². The molecule has 1 amide bonds. The molecule has 1 aromatic carbocycles. The predicted molar refractivity (Wildman–Crippen MR) is 165 cm³/mol. The highest BCUT2D eigenvalue weighted by atomic mass is 32.1. The number of hydrogen-bond acceptors (Lipinski definition) is 9. The number of fused-ring (bicyclic) bond motifs is 2. The number of ether oxygens (including phenoxy) is 1. The molecule has 1 saturated carbocycles. The van der Waals surface area contributed by atoms with Gasteiger partial charge in [0.05, 0.1) is 30.8 Å². The average molecular weight is 584 g/mol. The number of carbonyl (C=O) groups is 1. The van der Waals surface area contributed by atoms with Crippen LogP contribution in [0, 0.1) is 11.3 Å². The van der Waals surface area contributed by atoms with E-state index in [9.17, 15) is 10.1 Å². The Morgan fingerprint density at radius 1 is 1.21 bits per heavy atom. The largest absolute Gasteiger partial charge is 0.455 e. The first-order valence-electron chi connectivity index (χ1n) is 15.0. The Labute approximate surface area is 251 Å². The summed E-state index contributed by atoms with van der Waals surface area (Å²) in [4.78, 5) is 31.6. The van der Waals surface area contributed by atoms with Crippen LogP contribution < -0.4 is 14.5 Å². The van der Waals surface area contributed by atoms with Crippen molar-refractivity contribution in [3.8, 4) is 12.1 Å². The Hall–Kier alpha value is -3.68. The molecule has 3 aliphatic heterocycles. The Kier molecular flexibility index (Phi) is 7.03. The monoisotopic (exact) mass is 583 g/mol. The van der Waals surface area contributed by atoms with E-state index in [4.69, 9.17) is 14.7 Å². The SMILES string of the molecule is C=CC(=O)N1CCN(c2nc(OC3([C@@H]4CCCN4C)CC3)nc3c2CCN(c2cccc4sccc24)C3)C[C@@H]1CC#N. The fourth-order valence-electron chi connectivity index (χ4n) is 7.27. The number of carbonyl (C=O) groups excluding carboxylic acids is 1. The van der Waals surface area contributed by atoms with Gasteiger partial charge in [0.25, 0.3) is 0 Å². The normalized spacial score (nSPS) is 23.5. The molecule has 4 aliphatic rings. The summed E-state index contributed by atoms with van der Waals surface area (Å²) < 4.78 is 8.07. The lowest BCUT2D eigenvalue weighted by atomic mass is 10.0. The van der Waals surface area contributed by atoms with Gasteiger partial charge in [0.15, 0.2) is 0 Å². The highest BCUT2D eigenvalue weighted by Gasteiger charge is 2.55. The molecule has 10 heteroatoms. The van der Waals surface area contributed by atoms with Crippen molar-refractivity contribution in [1.29, 1.82) is 5.26 Å². The van der Waals surface area contributed by atoms with Gasteiger partial charge >= 0.3 is 6.01 Å². The molecule has 5 heterocycles. The number of nitrogens with zero attached hydrogens (tertiary/aromatic N) is 7. The maximum atomic E-state index is 12.6. The molecule has 7 rings (SSSR count). The van der Waals surface area contributed by atoms with Crippen molar-refractivity contribution in [2.75, 3.05) is 49.6 Å². The first-order valence-corrected chi connectivity index (χ1v) is 15.9. The Balaban J connectivity index is 1.24. The molecule has 218 valence electrons. The summed E-state index contributed by atoms with van der Waals surface area (Å²) in [5.41, 5.74) is 3.17. The molecule has 3 fully saturated rings. The highest BCUT2D eigenvalue weighted by molar-refractivity contribution is 7.17. The molecular formula is C32H37N7O2S. The van der Waals surface area contributed by atoms with E-state index in [1.807, 2.05) is 0 Å². The number of thiophene rings is 1. The van der Waals surface area contributed by atoms with E-state index in [1.54, 1.807) is 16.2 Å². The minimum Gasteiger partial charge on any atom is -0.455 e. The van der Waals surface area contributed by atoms with Crippen LogP contribution in [0.1, 0.15) is 43.4 Å². The molecule has 0 radical (unpaired) electrons. The van der Waals surface area contributed by atoms with Gasteiger partial charge in [-0.2, -0.15) is 15.2 Å². The van der Waals surface area contributed by atoms with Crippen LogP contribution in [0.25, 0.3) is 10.1 Å². The van der Waals surface area contributed by atoms with E-state index in [0.717, 1.165) is 55.8 Å². The van der Waals surface area contributed by atoms with Gasteiger partial charge in [-0.05, 0) is 75.4 Å². The van der Waals surface area contributed by atoms with E-state index in [0.29, 0.717) is 38.2 Å². The second-order valence-electron chi connectivity index (χ2n) is 12.0. The van der Waals surface area contributed by atoms with Gasteiger partial charge in [0.2, 0.25) is 5.91 Å². The van der Waals surface area contributed by atoms with E-state index in [-0.39, 0.29) is 24.0 Å². The average Bonchev–Trinajstić information content (AvgIpc) is 3.37. The summed E-state index contributed by atoms with van der Waals surface area (Å²) >= 11 is 1.77. The van der Waals surface area contributed by atoms with Crippen LogP contribution in [-0.2, 0) is 17.8 Å². The van der Waals surface area contributed by atoms with Gasteiger partial charge in [-0.3, -0.25) is 9.69 Å². The molecule has 1 aliphatic carbocycles. The van der Waals surface area contributed by atoms with Crippen LogP contribution in [0.4, 0.5) is 11.5 Å². The topological polar surface area (TPSA) is 88.8 Å². The van der Waals surface area contributed by atoms with Crippen molar-refractivity contribution in [3.05, 3.63) is 53.6 Å². The number of likely N-dealkylation sites (tertiary alicyclic amines) is 1. The third kappa shape index (κ3) is 4.78. The Morgan fingerprint density at radius 3 is 2.86 bits per heavy atom. The molecule has 0 bridgehead atoms. The first kappa shape index (κ1) is 27.2. The maximum Gasteiger partial charge on any atom is 0.319 e. The lowest BCUT2D eigenvalue weighted by Gasteiger charge is -2.42. The number of amides is 1. The number of anilines is 2. The molecule has 3 aromatic rings. The molecular weight excluding hydrogens is 546 g/mol. The number of rotatable bonds is 7. The minimum absolute atomic E-state index is 0.127. The summed E-state index contributed by atoms with van der Waals surface area (Å²) in [5, 5.41) is 13.0. The van der Waals surface area contributed by atoms with Crippen molar-refractivity contribution in [1.82, 2.24) is 19.8 Å². The zero-order valence-corrected chi connectivity index (χ0v) is 25.0. The highest BCUT2D eigenvalue weighted by Crippen LogP contribution is 2.48. The smallest absolute Gasteiger partial charge is 0.319 e. The zero-order valence-electron chi connectivity index (χ0n) is 24.2. The molecule has 0 spiro atoms. The molecule has 2 aromatic heterocycles. The number of aromatic nitrogens is 2. The second-order valence-corrected chi connectivity index (χ2v) is 13.0. The van der Waals surface area contributed by atoms with Gasteiger partial charge < -0.3 is 19.4 Å². The number of likely N-dealkylation sites (N-methyl/N-ethyl adjacent to an activating group) is 1. The molecule has 0 N–H and O–H groups in total.